The Morgan fingerprint density at radius 1 is 0.774 bits per heavy atom. The van der Waals surface area contributed by atoms with Crippen molar-refractivity contribution >= 4 is 5.65 Å². The molecule has 3 aromatic carbocycles. The summed E-state index contributed by atoms with van der Waals surface area (Å²) in [5, 5.41) is 10.7. The fourth-order valence-electron chi connectivity index (χ4n) is 4.79. The standard InChI is InChI=1S/C27H20N2O2/c1-27(19-11-3-6-14-22(19)31-23-15-7-4-12-20(23)27)26-25(18-10-2-5-13-21(18)30)28-24-16-8-9-17-29(24)26/h2-17,30H,1H3. The van der Waals surface area contributed by atoms with Gasteiger partial charge in [0.2, 0.25) is 0 Å². The molecule has 0 spiro atoms. The molecule has 6 rings (SSSR count). The summed E-state index contributed by atoms with van der Waals surface area (Å²) in [6, 6.07) is 29.7. The van der Waals surface area contributed by atoms with Crippen molar-refractivity contribution in [3.63, 3.8) is 0 Å². The first-order chi connectivity index (χ1) is 15.2. The van der Waals surface area contributed by atoms with Gasteiger partial charge in [-0.15, -0.1) is 0 Å². The van der Waals surface area contributed by atoms with Crippen LogP contribution in [0.1, 0.15) is 23.7 Å². The minimum Gasteiger partial charge on any atom is -0.507 e. The highest BCUT2D eigenvalue weighted by atomic mass is 16.5. The van der Waals surface area contributed by atoms with Crippen molar-refractivity contribution in [3.8, 4) is 28.5 Å². The second kappa shape index (κ2) is 6.47. The van der Waals surface area contributed by atoms with Gasteiger partial charge in [0.1, 0.15) is 22.9 Å². The van der Waals surface area contributed by atoms with Crippen LogP contribution in [-0.2, 0) is 5.41 Å². The van der Waals surface area contributed by atoms with Crippen LogP contribution in [0.25, 0.3) is 16.9 Å². The van der Waals surface area contributed by atoms with Gasteiger partial charge >= 0.3 is 0 Å². The van der Waals surface area contributed by atoms with Crippen LogP contribution < -0.4 is 4.74 Å². The molecule has 31 heavy (non-hydrogen) atoms. The van der Waals surface area contributed by atoms with Crippen molar-refractivity contribution in [1.82, 2.24) is 9.38 Å². The lowest BCUT2D eigenvalue weighted by Crippen LogP contribution is -2.31. The maximum atomic E-state index is 10.7. The number of fused-ring (bicyclic) bond motifs is 3. The smallest absolute Gasteiger partial charge is 0.137 e. The molecule has 2 aromatic heterocycles. The Kier molecular flexibility index (Phi) is 3.71. The maximum absolute atomic E-state index is 10.7. The summed E-state index contributed by atoms with van der Waals surface area (Å²) < 4.78 is 8.40. The maximum Gasteiger partial charge on any atom is 0.137 e. The third kappa shape index (κ3) is 2.45. The Balaban J connectivity index is 1.78. The Hall–Kier alpha value is -4.05. The number of aromatic hydroxyl groups is 1. The monoisotopic (exact) mass is 404 g/mol. The Morgan fingerprint density at radius 3 is 2.10 bits per heavy atom. The summed E-state index contributed by atoms with van der Waals surface area (Å²) in [7, 11) is 0. The molecule has 0 amide bonds. The van der Waals surface area contributed by atoms with Gasteiger partial charge in [-0.1, -0.05) is 54.6 Å². The quantitative estimate of drug-likeness (QED) is 0.383. The first-order valence-electron chi connectivity index (χ1n) is 10.3. The van der Waals surface area contributed by atoms with Crippen molar-refractivity contribution in [2.24, 2.45) is 0 Å². The minimum atomic E-state index is -0.552. The van der Waals surface area contributed by atoms with Gasteiger partial charge < -0.3 is 14.2 Å². The highest BCUT2D eigenvalue weighted by Gasteiger charge is 2.43. The van der Waals surface area contributed by atoms with Crippen molar-refractivity contribution in [3.05, 3.63) is 114 Å². The van der Waals surface area contributed by atoms with E-state index in [1.165, 1.54) is 0 Å². The number of rotatable bonds is 2. The highest BCUT2D eigenvalue weighted by molar-refractivity contribution is 5.77. The number of imidazole rings is 1. The molecular formula is C27H20N2O2. The van der Waals surface area contributed by atoms with E-state index in [1.807, 2.05) is 79.0 Å². The van der Waals surface area contributed by atoms with Crippen molar-refractivity contribution in [1.29, 1.82) is 0 Å². The SMILES string of the molecule is CC1(c2c(-c3ccccc3O)nc3ccccn23)c2ccccc2Oc2ccccc21. The second-order valence-corrected chi connectivity index (χ2v) is 7.97. The van der Waals surface area contributed by atoms with Crippen molar-refractivity contribution in [2.75, 3.05) is 0 Å². The van der Waals surface area contributed by atoms with Gasteiger partial charge in [0.15, 0.2) is 0 Å². The van der Waals surface area contributed by atoms with E-state index in [4.69, 9.17) is 9.72 Å². The molecule has 5 aromatic rings. The average molecular weight is 404 g/mol. The molecule has 0 saturated heterocycles. The van der Waals surface area contributed by atoms with Crippen LogP contribution in [0.3, 0.4) is 0 Å². The molecule has 0 saturated carbocycles. The number of nitrogens with zero attached hydrogens (tertiary/aromatic N) is 2. The number of ether oxygens (including phenoxy) is 1. The lowest BCUT2D eigenvalue weighted by Gasteiger charge is -2.38. The number of phenols is 1. The number of aromatic nitrogens is 2. The van der Waals surface area contributed by atoms with E-state index in [2.05, 4.69) is 23.5 Å². The second-order valence-electron chi connectivity index (χ2n) is 7.97. The molecule has 0 fully saturated rings. The zero-order valence-corrected chi connectivity index (χ0v) is 17.0. The van der Waals surface area contributed by atoms with Crippen LogP contribution in [0.5, 0.6) is 17.2 Å². The summed E-state index contributed by atoms with van der Waals surface area (Å²) >= 11 is 0. The van der Waals surface area contributed by atoms with E-state index in [0.717, 1.165) is 39.7 Å². The van der Waals surface area contributed by atoms with Crippen LogP contribution in [0, 0.1) is 0 Å². The normalized spacial score (nSPS) is 14.0. The van der Waals surface area contributed by atoms with Gasteiger partial charge in [0, 0.05) is 22.9 Å². The topological polar surface area (TPSA) is 46.8 Å². The molecule has 4 nitrogen and oxygen atoms in total. The molecule has 0 aliphatic carbocycles. The predicted molar refractivity (Wildman–Crippen MR) is 121 cm³/mol. The molecule has 0 radical (unpaired) electrons. The van der Waals surface area contributed by atoms with Crippen molar-refractivity contribution < 1.29 is 9.84 Å². The van der Waals surface area contributed by atoms with Crippen LogP contribution in [0.4, 0.5) is 0 Å². The largest absolute Gasteiger partial charge is 0.507 e. The van der Waals surface area contributed by atoms with Gasteiger partial charge in [-0.3, -0.25) is 0 Å². The summed E-state index contributed by atoms with van der Waals surface area (Å²) in [5.74, 6) is 1.88. The first-order valence-corrected chi connectivity index (χ1v) is 10.3. The number of phenolic OH excluding ortho intramolecular Hbond substituents is 1. The summed E-state index contributed by atoms with van der Waals surface area (Å²) in [6.45, 7) is 2.22. The Bertz CT molecular complexity index is 1410. The zero-order valence-electron chi connectivity index (χ0n) is 17.0. The van der Waals surface area contributed by atoms with Gasteiger partial charge in [0.25, 0.3) is 0 Å². The van der Waals surface area contributed by atoms with Gasteiger partial charge in [-0.2, -0.15) is 0 Å². The molecule has 0 atom stereocenters. The van der Waals surface area contributed by atoms with E-state index in [0.29, 0.717) is 5.56 Å². The van der Waals surface area contributed by atoms with Crippen LogP contribution in [-0.4, -0.2) is 14.5 Å². The minimum absolute atomic E-state index is 0.212. The molecule has 150 valence electrons. The molecular weight excluding hydrogens is 384 g/mol. The number of hydrogen-bond donors (Lipinski definition) is 1. The molecule has 1 aliphatic heterocycles. The fourth-order valence-corrected chi connectivity index (χ4v) is 4.79. The van der Waals surface area contributed by atoms with Crippen LogP contribution in [0.15, 0.2) is 97.2 Å². The van der Waals surface area contributed by atoms with Crippen LogP contribution in [0.2, 0.25) is 0 Å². The Morgan fingerprint density at radius 2 is 1.39 bits per heavy atom. The third-order valence-corrected chi connectivity index (χ3v) is 6.23. The third-order valence-electron chi connectivity index (χ3n) is 6.23. The molecule has 3 heterocycles. The first kappa shape index (κ1) is 17.8. The van der Waals surface area contributed by atoms with E-state index in [9.17, 15) is 5.11 Å². The lowest BCUT2D eigenvalue weighted by molar-refractivity contribution is 0.424. The Labute approximate surface area is 180 Å². The lowest BCUT2D eigenvalue weighted by atomic mass is 9.70. The molecule has 1 N–H and O–H groups in total. The van der Waals surface area contributed by atoms with Crippen molar-refractivity contribution in [2.45, 2.75) is 12.3 Å². The van der Waals surface area contributed by atoms with Gasteiger partial charge in [0.05, 0.1) is 16.8 Å². The predicted octanol–water partition coefficient (Wildman–Crippen LogP) is 6.17. The van der Waals surface area contributed by atoms with Crippen LogP contribution >= 0.6 is 0 Å². The number of pyridine rings is 1. The number of para-hydroxylation sites is 3. The van der Waals surface area contributed by atoms with E-state index < -0.39 is 5.41 Å². The molecule has 0 bridgehead atoms. The van der Waals surface area contributed by atoms with Gasteiger partial charge in [-0.05, 0) is 43.3 Å². The van der Waals surface area contributed by atoms with E-state index in [1.54, 1.807) is 6.07 Å². The zero-order chi connectivity index (χ0) is 21.0. The summed E-state index contributed by atoms with van der Waals surface area (Å²) in [4.78, 5) is 4.97. The fraction of sp³-hybridized carbons (Fsp3) is 0.0741. The molecule has 4 heteroatoms. The highest BCUT2D eigenvalue weighted by Crippen LogP contribution is 2.53. The van der Waals surface area contributed by atoms with Gasteiger partial charge in [-0.25, -0.2) is 4.98 Å². The van der Waals surface area contributed by atoms with E-state index >= 15 is 0 Å². The summed E-state index contributed by atoms with van der Waals surface area (Å²) in [5.41, 5.74) is 4.88. The molecule has 0 unspecified atom stereocenters. The number of benzene rings is 3. The van der Waals surface area contributed by atoms with E-state index in [-0.39, 0.29) is 5.75 Å². The average Bonchev–Trinajstić information content (AvgIpc) is 3.19. The number of hydrogen-bond acceptors (Lipinski definition) is 3. The molecule has 1 aliphatic rings. The summed E-state index contributed by atoms with van der Waals surface area (Å²) in [6.07, 6.45) is 2.03.